The number of benzene rings is 2. The van der Waals surface area contributed by atoms with E-state index in [9.17, 15) is 21.6 Å². The Kier molecular flexibility index (Phi) is 8.03. The van der Waals surface area contributed by atoms with Gasteiger partial charge >= 0.3 is 0 Å². The van der Waals surface area contributed by atoms with Crippen LogP contribution >= 0.6 is 0 Å². The summed E-state index contributed by atoms with van der Waals surface area (Å²) in [4.78, 5) is 12.3. The Morgan fingerprint density at radius 3 is 1.97 bits per heavy atom. The molecule has 1 amide bonds. The van der Waals surface area contributed by atoms with Gasteiger partial charge in [-0.15, -0.1) is 0 Å². The van der Waals surface area contributed by atoms with E-state index in [0.29, 0.717) is 5.69 Å². The molecule has 0 radical (unpaired) electrons. The van der Waals surface area contributed by atoms with Crippen molar-refractivity contribution >= 4 is 31.5 Å². The molecule has 0 saturated carbocycles. The van der Waals surface area contributed by atoms with E-state index in [1.165, 1.54) is 4.31 Å². The van der Waals surface area contributed by atoms with Crippen LogP contribution in [0.2, 0.25) is 0 Å². The molecule has 0 spiro atoms. The molecule has 0 fully saturated rings. The maximum atomic E-state index is 13.2. The zero-order valence-electron chi connectivity index (χ0n) is 17.5. The first kappa shape index (κ1) is 23.9. The number of carbonyl (C=O) groups excluding carboxylic acids is 1. The summed E-state index contributed by atoms with van der Waals surface area (Å²) >= 11 is 0. The number of anilines is 1. The maximum absolute atomic E-state index is 13.2. The first-order chi connectivity index (χ1) is 14.0. The standard InChI is InChI=1S/C21H28N2O5S2/c1-4-29(25,26)16-14-22-21(24)13-15-23(19-9-5-17(2)6-10-19)30(27,28)20-11-7-18(3)8-12-20/h5-12H,4,13-16H2,1-3H3,(H,22,24). The van der Waals surface area contributed by atoms with Gasteiger partial charge in [-0.1, -0.05) is 42.3 Å². The van der Waals surface area contributed by atoms with Crippen molar-refractivity contribution in [2.24, 2.45) is 0 Å². The molecular weight excluding hydrogens is 424 g/mol. The van der Waals surface area contributed by atoms with Gasteiger partial charge in [0.05, 0.1) is 16.3 Å². The van der Waals surface area contributed by atoms with Gasteiger partial charge in [0, 0.05) is 25.3 Å². The van der Waals surface area contributed by atoms with Crippen molar-refractivity contribution in [2.45, 2.75) is 32.1 Å². The first-order valence-electron chi connectivity index (χ1n) is 9.68. The molecule has 0 bridgehead atoms. The predicted molar refractivity (Wildman–Crippen MR) is 119 cm³/mol. The molecule has 164 valence electrons. The molecule has 2 aromatic carbocycles. The SMILES string of the molecule is CCS(=O)(=O)CCNC(=O)CCN(c1ccc(C)cc1)S(=O)(=O)c1ccc(C)cc1. The van der Waals surface area contributed by atoms with Crippen LogP contribution < -0.4 is 9.62 Å². The molecule has 0 saturated heterocycles. The summed E-state index contributed by atoms with van der Waals surface area (Å²) in [7, 11) is -7.05. The Morgan fingerprint density at radius 1 is 0.900 bits per heavy atom. The average molecular weight is 453 g/mol. The van der Waals surface area contributed by atoms with E-state index >= 15 is 0 Å². The zero-order chi connectivity index (χ0) is 22.4. The van der Waals surface area contributed by atoms with Crippen molar-refractivity contribution < 1.29 is 21.6 Å². The quantitative estimate of drug-likeness (QED) is 0.597. The van der Waals surface area contributed by atoms with E-state index < -0.39 is 25.8 Å². The molecule has 0 aliphatic rings. The number of nitrogens with one attached hydrogen (secondary N) is 1. The van der Waals surface area contributed by atoms with Crippen LogP contribution in [-0.2, 0) is 24.7 Å². The lowest BCUT2D eigenvalue weighted by Gasteiger charge is -2.24. The molecule has 1 N–H and O–H groups in total. The Morgan fingerprint density at radius 2 is 1.43 bits per heavy atom. The molecule has 7 nitrogen and oxygen atoms in total. The van der Waals surface area contributed by atoms with Gasteiger partial charge in [0.25, 0.3) is 10.0 Å². The summed E-state index contributed by atoms with van der Waals surface area (Å²) in [6.45, 7) is 5.26. The average Bonchev–Trinajstić information content (AvgIpc) is 2.69. The minimum absolute atomic E-state index is 0.00422. The minimum Gasteiger partial charge on any atom is -0.355 e. The van der Waals surface area contributed by atoms with Crippen LogP contribution in [0.4, 0.5) is 5.69 Å². The summed E-state index contributed by atoms with van der Waals surface area (Å²) < 4.78 is 50.8. The Labute approximate surface area is 179 Å². The largest absolute Gasteiger partial charge is 0.355 e. The molecule has 2 aromatic rings. The molecule has 0 unspecified atom stereocenters. The van der Waals surface area contributed by atoms with Gasteiger partial charge in [-0.25, -0.2) is 16.8 Å². The molecule has 0 aromatic heterocycles. The summed E-state index contributed by atoms with van der Waals surface area (Å²) in [5.41, 5.74) is 2.39. The van der Waals surface area contributed by atoms with Crippen molar-refractivity contribution in [3.05, 3.63) is 59.7 Å². The highest BCUT2D eigenvalue weighted by atomic mass is 32.2. The van der Waals surface area contributed by atoms with Gasteiger partial charge in [-0.3, -0.25) is 9.10 Å². The minimum atomic E-state index is -3.87. The van der Waals surface area contributed by atoms with Crippen LogP contribution in [0.15, 0.2) is 53.4 Å². The third kappa shape index (κ3) is 6.56. The number of sulfone groups is 1. The van der Waals surface area contributed by atoms with Crippen molar-refractivity contribution in [1.29, 1.82) is 0 Å². The summed E-state index contributed by atoms with van der Waals surface area (Å²) in [6, 6.07) is 13.6. The number of aryl methyl sites for hydroxylation is 2. The number of sulfonamides is 1. The number of hydrogen-bond donors (Lipinski definition) is 1. The Hall–Kier alpha value is -2.39. The van der Waals surface area contributed by atoms with E-state index in [1.54, 1.807) is 43.3 Å². The number of nitrogens with zero attached hydrogens (tertiary/aromatic N) is 1. The molecule has 0 aliphatic carbocycles. The fourth-order valence-electron chi connectivity index (χ4n) is 2.72. The highest BCUT2D eigenvalue weighted by Gasteiger charge is 2.25. The van der Waals surface area contributed by atoms with E-state index in [2.05, 4.69) is 5.32 Å². The van der Waals surface area contributed by atoms with Crippen molar-refractivity contribution in [1.82, 2.24) is 5.32 Å². The van der Waals surface area contributed by atoms with Crippen LogP contribution in [0.25, 0.3) is 0 Å². The van der Waals surface area contributed by atoms with E-state index in [4.69, 9.17) is 0 Å². The molecule has 0 atom stereocenters. The van der Waals surface area contributed by atoms with Gasteiger partial charge in [0.1, 0.15) is 0 Å². The van der Waals surface area contributed by atoms with Gasteiger partial charge in [0.2, 0.25) is 5.91 Å². The lowest BCUT2D eigenvalue weighted by molar-refractivity contribution is -0.120. The van der Waals surface area contributed by atoms with Crippen LogP contribution in [0.5, 0.6) is 0 Å². The fourth-order valence-corrected chi connectivity index (χ4v) is 4.89. The molecule has 30 heavy (non-hydrogen) atoms. The van der Waals surface area contributed by atoms with E-state index in [-0.39, 0.29) is 35.9 Å². The van der Waals surface area contributed by atoms with Crippen molar-refractivity contribution in [3.8, 4) is 0 Å². The summed E-state index contributed by atoms with van der Waals surface area (Å²) in [5, 5.41) is 2.55. The highest BCUT2D eigenvalue weighted by molar-refractivity contribution is 7.92. The Bertz CT molecular complexity index is 1060. The first-order valence-corrected chi connectivity index (χ1v) is 12.9. The lowest BCUT2D eigenvalue weighted by atomic mass is 10.2. The topological polar surface area (TPSA) is 101 Å². The van der Waals surface area contributed by atoms with E-state index in [0.717, 1.165) is 11.1 Å². The van der Waals surface area contributed by atoms with Crippen molar-refractivity contribution in [2.75, 3.05) is 28.9 Å². The van der Waals surface area contributed by atoms with Crippen LogP contribution in [0.1, 0.15) is 24.5 Å². The normalized spacial score (nSPS) is 11.8. The second-order valence-electron chi connectivity index (χ2n) is 7.06. The molecule has 0 aliphatic heterocycles. The third-order valence-corrected chi connectivity index (χ3v) is 8.20. The second kappa shape index (κ2) is 10.1. The molecule has 0 heterocycles. The summed E-state index contributed by atoms with van der Waals surface area (Å²) in [5.74, 6) is -0.533. The molecule has 2 rings (SSSR count). The number of rotatable bonds is 10. The van der Waals surface area contributed by atoms with Gasteiger partial charge in [-0.05, 0) is 38.1 Å². The van der Waals surface area contributed by atoms with Gasteiger partial charge < -0.3 is 5.32 Å². The highest BCUT2D eigenvalue weighted by Crippen LogP contribution is 2.24. The van der Waals surface area contributed by atoms with Crippen LogP contribution in [0.3, 0.4) is 0 Å². The third-order valence-electron chi connectivity index (χ3n) is 4.65. The van der Waals surface area contributed by atoms with Gasteiger partial charge in [-0.2, -0.15) is 0 Å². The zero-order valence-corrected chi connectivity index (χ0v) is 19.1. The second-order valence-corrected chi connectivity index (χ2v) is 11.4. The van der Waals surface area contributed by atoms with Crippen LogP contribution in [0, 0.1) is 13.8 Å². The maximum Gasteiger partial charge on any atom is 0.264 e. The smallest absolute Gasteiger partial charge is 0.264 e. The predicted octanol–water partition coefficient (Wildman–Crippen LogP) is 2.44. The van der Waals surface area contributed by atoms with Crippen LogP contribution in [-0.4, -0.2) is 47.3 Å². The lowest BCUT2D eigenvalue weighted by Crippen LogP contribution is -2.36. The summed E-state index contributed by atoms with van der Waals surface area (Å²) in [6.07, 6.45) is -0.0921. The number of amides is 1. The van der Waals surface area contributed by atoms with Crippen molar-refractivity contribution in [3.63, 3.8) is 0 Å². The van der Waals surface area contributed by atoms with Gasteiger partial charge in [0.15, 0.2) is 9.84 Å². The Balaban J connectivity index is 2.18. The number of carbonyl (C=O) groups is 1. The molecule has 9 heteroatoms. The fraction of sp³-hybridized carbons (Fsp3) is 0.381. The molecular formula is C21H28N2O5S2. The number of hydrogen-bond acceptors (Lipinski definition) is 5. The monoisotopic (exact) mass is 452 g/mol. The van der Waals surface area contributed by atoms with E-state index in [1.807, 2.05) is 26.0 Å².